The highest BCUT2D eigenvalue weighted by Crippen LogP contribution is 2.22. The number of nitrogens with one attached hydrogen (secondary N) is 2. The molecule has 0 aliphatic heterocycles. The fraction of sp³-hybridized carbons (Fsp3) is 0.875. The van der Waals surface area contributed by atoms with Gasteiger partial charge in [0.2, 0.25) is 0 Å². The number of carboxylic acid groups (broad SMARTS) is 1. The van der Waals surface area contributed by atoms with E-state index in [1.807, 2.05) is 6.92 Å². The van der Waals surface area contributed by atoms with Gasteiger partial charge in [-0.15, -0.1) is 0 Å². The van der Waals surface area contributed by atoms with Gasteiger partial charge < -0.3 is 15.7 Å². The Kier molecular flexibility index (Phi) is 8.37. The summed E-state index contributed by atoms with van der Waals surface area (Å²) in [5, 5.41) is 14.6. The maximum absolute atomic E-state index is 11.9. The Morgan fingerprint density at radius 1 is 1.00 bits per heavy atom. The Balaban J connectivity index is 4.33. The molecule has 0 aromatic carbocycles. The standard InChI is InChI=1S/C16H32N2O3/c1-6-8-9-11-15(3,4)12-17-14(21)18-16(5,10-7-2)13(19)20/h6-12H2,1-5H3,(H,19,20)(H2,17,18,21). The van der Waals surface area contributed by atoms with E-state index in [4.69, 9.17) is 0 Å². The maximum Gasteiger partial charge on any atom is 0.329 e. The van der Waals surface area contributed by atoms with E-state index in [0.29, 0.717) is 19.4 Å². The lowest BCUT2D eigenvalue weighted by atomic mass is 9.87. The molecule has 3 N–H and O–H groups in total. The van der Waals surface area contributed by atoms with Crippen molar-refractivity contribution in [3.8, 4) is 0 Å². The van der Waals surface area contributed by atoms with Gasteiger partial charge in [0.25, 0.3) is 0 Å². The third kappa shape index (κ3) is 7.93. The van der Waals surface area contributed by atoms with E-state index in [-0.39, 0.29) is 5.41 Å². The van der Waals surface area contributed by atoms with Crippen LogP contribution in [0.4, 0.5) is 4.79 Å². The number of hydrogen-bond acceptors (Lipinski definition) is 2. The first-order valence-electron chi connectivity index (χ1n) is 7.96. The highest BCUT2D eigenvalue weighted by molar-refractivity contribution is 5.85. The Labute approximate surface area is 128 Å². The highest BCUT2D eigenvalue weighted by atomic mass is 16.4. The zero-order valence-corrected chi connectivity index (χ0v) is 14.2. The minimum Gasteiger partial charge on any atom is -0.480 e. The SMILES string of the molecule is CCCCCC(C)(C)CNC(=O)NC(C)(CCC)C(=O)O. The lowest BCUT2D eigenvalue weighted by Gasteiger charge is -2.28. The average molecular weight is 300 g/mol. The molecule has 5 heteroatoms. The largest absolute Gasteiger partial charge is 0.480 e. The molecule has 1 atom stereocenters. The van der Waals surface area contributed by atoms with Crippen molar-refractivity contribution in [2.75, 3.05) is 6.54 Å². The molecule has 0 aliphatic carbocycles. The smallest absolute Gasteiger partial charge is 0.329 e. The third-order valence-electron chi connectivity index (χ3n) is 3.80. The molecule has 0 saturated heterocycles. The van der Waals surface area contributed by atoms with Crippen LogP contribution in [0.25, 0.3) is 0 Å². The predicted molar refractivity (Wildman–Crippen MR) is 85.4 cm³/mol. The van der Waals surface area contributed by atoms with Crippen LogP contribution in [0.5, 0.6) is 0 Å². The number of carbonyl (C=O) groups is 2. The molecule has 0 fully saturated rings. The van der Waals surface area contributed by atoms with Crippen LogP contribution in [0.1, 0.15) is 73.1 Å². The van der Waals surface area contributed by atoms with Crippen molar-refractivity contribution in [3.05, 3.63) is 0 Å². The molecule has 0 saturated carbocycles. The van der Waals surface area contributed by atoms with E-state index in [1.165, 1.54) is 12.8 Å². The van der Waals surface area contributed by atoms with Crippen LogP contribution in [-0.4, -0.2) is 29.2 Å². The summed E-state index contributed by atoms with van der Waals surface area (Å²) in [6.45, 7) is 10.4. The monoisotopic (exact) mass is 300 g/mol. The first-order valence-corrected chi connectivity index (χ1v) is 7.96. The number of carboxylic acids is 1. The van der Waals surface area contributed by atoms with Crippen LogP contribution < -0.4 is 10.6 Å². The van der Waals surface area contributed by atoms with Gasteiger partial charge in [0.05, 0.1) is 0 Å². The topological polar surface area (TPSA) is 78.4 Å². The predicted octanol–water partition coefficient (Wildman–Crippen LogP) is 3.54. The van der Waals surface area contributed by atoms with Crippen LogP contribution in [-0.2, 0) is 4.79 Å². The van der Waals surface area contributed by atoms with Crippen molar-refractivity contribution in [1.29, 1.82) is 0 Å². The number of aliphatic carboxylic acids is 1. The number of unbranched alkanes of at least 4 members (excludes halogenated alkanes) is 2. The maximum atomic E-state index is 11.9. The summed E-state index contributed by atoms with van der Waals surface area (Å²) in [7, 11) is 0. The van der Waals surface area contributed by atoms with Crippen molar-refractivity contribution >= 4 is 12.0 Å². The van der Waals surface area contributed by atoms with Crippen molar-refractivity contribution in [1.82, 2.24) is 10.6 Å². The van der Waals surface area contributed by atoms with Crippen LogP contribution in [0.15, 0.2) is 0 Å². The average Bonchev–Trinajstić information content (AvgIpc) is 2.37. The molecule has 0 heterocycles. The summed E-state index contributed by atoms with van der Waals surface area (Å²) in [5.41, 5.74) is -1.18. The lowest BCUT2D eigenvalue weighted by Crippen LogP contribution is -2.56. The van der Waals surface area contributed by atoms with Gasteiger partial charge in [0, 0.05) is 6.54 Å². The molecule has 0 radical (unpaired) electrons. The molecule has 5 nitrogen and oxygen atoms in total. The molecular weight excluding hydrogens is 268 g/mol. The molecule has 0 aromatic rings. The quantitative estimate of drug-likeness (QED) is 0.540. The van der Waals surface area contributed by atoms with Crippen LogP contribution in [0.3, 0.4) is 0 Å². The summed E-state index contributed by atoms with van der Waals surface area (Å²) in [6, 6.07) is -0.406. The van der Waals surface area contributed by atoms with Gasteiger partial charge >= 0.3 is 12.0 Å². The van der Waals surface area contributed by atoms with Gasteiger partial charge in [0.1, 0.15) is 5.54 Å². The minimum absolute atomic E-state index is 0.0247. The Morgan fingerprint density at radius 2 is 1.62 bits per heavy atom. The van der Waals surface area contributed by atoms with Gasteiger partial charge in [-0.25, -0.2) is 9.59 Å². The summed E-state index contributed by atoms with van der Waals surface area (Å²) in [6.07, 6.45) is 5.68. The van der Waals surface area contributed by atoms with E-state index < -0.39 is 17.5 Å². The summed E-state index contributed by atoms with van der Waals surface area (Å²) < 4.78 is 0. The molecule has 0 rings (SSSR count). The number of urea groups is 1. The minimum atomic E-state index is -1.20. The van der Waals surface area contributed by atoms with Gasteiger partial charge in [-0.05, 0) is 25.2 Å². The van der Waals surface area contributed by atoms with E-state index in [0.717, 1.165) is 12.8 Å². The lowest BCUT2D eigenvalue weighted by molar-refractivity contribution is -0.144. The van der Waals surface area contributed by atoms with Crippen LogP contribution in [0, 0.1) is 5.41 Å². The molecule has 21 heavy (non-hydrogen) atoms. The second-order valence-corrected chi connectivity index (χ2v) is 6.82. The first kappa shape index (κ1) is 19.7. The Bertz CT molecular complexity index is 342. The second kappa shape index (κ2) is 8.90. The molecule has 1 unspecified atom stereocenters. The molecule has 0 aromatic heterocycles. The number of hydrogen-bond donors (Lipinski definition) is 3. The van der Waals surface area contributed by atoms with Crippen molar-refractivity contribution in [3.63, 3.8) is 0 Å². The van der Waals surface area contributed by atoms with Gasteiger partial charge in [-0.1, -0.05) is 53.4 Å². The van der Waals surface area contributed by atoms with E-state index in [9.17, 15) is 14.7 Å². The second-order valence-electron chi connectivity index (χ2n) is 6.82. The summed E-state index contributed by atoms with van der Waals surface area (Å²) in [5.74, 6) is -0.998. The summed E-state index contributed by atoms with van der Waals surface area (Å²) >= 11 is 0. The van der Waals surface area contributed by atoms with Crippen LogP contribution >= 0.6 is 0 Å². The van der Waals surface area contributed by atoms with E-state index >= 15 is 0 Å². The molecular formula is C16H32N2O3. The Morgan fingerprint density at radius 3 is 2.10 bits per heavy atom. The normalized spacial score (nSPS) is 14.3. The zero-order valence-electron chi connectivity index (χ0n) is 14.2. The van der Waals surface area contributed by atoms with Gasteiger partial charge in [0.15, 0.2) is 0 Å². The molecule has 0 spiro atoms. The van der Waals surface area contributed by atoms with E-state index in [2.05, 4.69) is 31.4 Å². The highest BCUT2D eigenvalue weighted by Gasteiger charge is 2.34. The van der Waals surface area contributed by atoms with E-state index in [1.54, 1.807) is 6.92 Å². The van der Waals surface area contributed by atoms with Crippen molar-refractivity contribution in [2.24, 2.45) is 5.41 Å². The summed E-state index contributed by atoms with van der Waals surface area (Å²) in [4.78, 5) is 23.2. The Hall–Kier alpha value is -1.26. The van der Waals surface area contributed by atoms with Gasteiger partial charge in [-0.3, -0.25) is 0 Å². The molecule has 0 bridgehead atoms. The van der Waals surface area contributed by atoms with Crippen molar-refractivity contribution < 1.29 is 14.7 Å². The van der Waals surface area contributed by atoms with Crippen molar-refractivity contribution in [2.45, 2.75) is 78.7 Å². The first-order chi connectivity index (χ1) is 9.67. The molecule has 124 valence electrons. The molecule has 0 aliphatic rings. The third-order valence-corrected chi connectivity index (χ3v) is 3.80. The van der Waals surface area contributed by atoms with Crippen LogP contribution in [0.2, 0.25) is 0 Å². The van der Waals surface area contributed by atoms with Gasteiger partial charge in [-0.2, -0.15) is 0 Å². The fourth-order valence-electron chi connectivity index (χ4n) is 2.28. The molecule has 2 amide bonds. The fourth-order valence-corrected chi connectivity index (χ4v) is 2.28. The number of amides is 2. The number of rotatable bonds is 10. The zero-order chi connectivity index (χ0) is 16.5. The number of carbonyl (C=O) groups excluding carboxylic acids is 1.